The quantitative estimate of drug-likeness (QED) is 0.502. The summed E-state index contributed by atoms with van der Waals surface area (Å²) in [5.74, 6) is -0.815. The molecule has 12 heteroatoms. The molecule has 1 aromatic carbocycles. The first kappa shape index (κ1) is 25.2. The van der Waals surface area contributed by atoms with Gasteiger partial charge in [-0.3, -0.25) is 14.9 Å². The number of amides is 3. The fourth-order valence-electron chi connectivity index (χ4n) is 3.40. The molecule has 0 saturated carbocycles. The van der Waals surface area contributed by atoms with Crippen LogP contribution in [-0.2, 0) is 30.9 Å². The molecule has 1 aromatic heterocycles. The molecule has 0 aliphatic carbocycles. The summed E-state index contributed by atoms with van der Waals surface area (Å²) >= 11 is 0. The summed E-state index contributed by atoms with van der Waals surface area (Å²) in [6, 6.07) is 8.77. The molecule has 2 heterocycles. The van der Waals surface area contributed by atoms with Crippen LogP contribution in [0.4, 0.5) is 4.79 Å². The molecule has 11 nitrogen and oxygen atoms in total. The smallest absolute Gasteiger partial charge is 0.321 e. The Morgan fingerprint density at radius 1 is 1.12 bits per heavy atom. The minimum Gasteiger partial charge on any atom is -0.494 e. The third-order valence-corrected chi connectivity index (χ3v) is 7.07. The molecule has 184 valence electrons. The number of urea groups is 1. The molecule has 0 atom stereocenters. The van der Waals surface area contributed by atoms with Crippen LogP contribution in [0.15, 0.2) is 52.0 Å². The first-order valence-corrected chi connectivity index (χ1v) is 12.2. The number of sulfonamides is 1. The third-order valence-electron chi connectivity index (χ3n) is 5.16. The summed E-state index contributed by atoms with van der Waals surface area (Å²) < 4.78 is 42.4. The van der Waals surface area contributed by atoms with E-state index in [0.717, 1.165) is 0 Å². The number of hydrogen-bond acceptors (Lipinski definition) is 8. The number of ether oxygens (including phenoxy) is 2. The van der Waals surface area contributed by atoms with Gasteiger partial charge in [-0.1, -0.05) is 0 Å². The Labute approximate surface area is 197 Å². The number of benzene rings is 1. The molecule has 2 N–H and O–H groups in total. The average molecular weight is 494 g/mol. The van der Waals surface area contributed by atoms with Crippen molar-refractivity contribution in [3.63, 3.8) is 0 Å². The highest BCUT2D eigenvalue weighted by atomic mass is 32.2. The normalized spacial score (nSPS) is 14.9. The van der Waals surface area contributed by atoms with Gasteiger partial charge in [0.25, 0.3) is 5.91 Å². The molecule has 1 fully saturated rings. The zero-order chi connectivity index (χ0) is 24.6. The summed E-state index contributed by atoms with van der Waals surface area (Å²) in [4.78, 5) is 36.0. The Morgan fingerprint density at radius 2 is 1.82 bits per heavy atom. The second-order valence-corrected chi connectivity index (χ2v) is 9.44. The van der Waals surface area contributed by atoms with E-state index in [1.165, 1.54) is 22.7 Å². The molecule has 0 bridgehead atoms. The Balaban J connectivity index is 1.40. The molecular weight excluding hydrogens is 466 g/mol. The van der Waals surface area contributed by atoms with E-state index >= 15 is 0 Å². The number of imide groups is 1. The Kier molecular flexibility index (Phi) is 8.66. The highest BCUT2D eigenvalue weighted by Crippen LogP contribution is 2.25. The first-order valence-electron chi connectivity index (χ1n) is 10.8. The number of nitrogens with one attached hydrogen (secondary N) is 2. The van der Waals surface area contributed by atoms with Crippen LogP contribution in [0.3, 0.4) is 0 Å². The zero-order valence-corrected chi connectivity index (χ0v) is 19.5. The lowest BCUT2D eigenvalue weighted by Crippen LogP contribution is -2.42. The number of esters is 1. The molecule has 34 heavy (non-hydrogen) atoms. The fourth-order valence-corrected chi connectivity index (χ4v) is 4.87. The maximum atomic E-state index is 12.9. The van der Waals surface area contributed by atoms with Gasteiger partial charge in [0.2, 0.25) is 10.0 Å². The summed E-state index contributed by atoms with van der Waals surface area (Å²) in [6.45, 7) is 2.11. The number of nitrogens with zero attached hydrogens (tertiary/aromatic N) is 1. The van der Waals surface area contributed by atoms with Crippen molar-refractivity contribution in [3.8, 4) is 5.75 Å². The van der Waals surface area contributed by atoms with Crippen LogP contribution in [0.25, 0.3) is 0 Å². The summed E-state index contributed by atoms with van der Waals surface area (Å²) in [7, 11) is -3.69. The van der Waals surface area contributed by atoms with Crippen molar-refractivity contribution >= 4 is 27.9 Å². The molecule has 3 amide bonds. The predicted molar refractivity (Wildman–Crippen MR) is 119 cm³/mol. The maximum Gasteiger partial charge on any atom is 0.321 e. The van der Waals surface area contributed by atoms with Crippen molar-refractivity contribution in [1.82, 2.24) is 14.9 Å². The summed E-state index contributed by atoms with van der Waals surface area (Å²) in [6.07, 6.45) is 1.99. The van der Waals surface area contributed by atoms with E-state index in [0.29, 0.717) is 18.1 Å². The standard InChI is InChI=1S/C22H27N3O8S/c1-2-31-17-5-7-19(8-6-17)34(29,30)25-11-9-16(10-12-25)21(27)33-15-20(26)24-22(28)23-14-18-4-3-13-32-18/h3-8,13,16H,2,9-12,14-15H2,1H3,(H2,23,24,26,28). The number of rotatable bonds is 9. The number of furan rings is 1. The molecule has 2 aromatic rings. The number of hydrogen-bond donors (Lipinski definition) is 2. The van der Waals surface area contributed by atoms with E-state index in [4.69, 9.17) is 13.9 Å². The predicted octanol–water partition coefficient (Wildman–Crippen LogP) is 1.65. The topological polar surface area (TPSA) is 144 Å². The van der Waals surface area contributed by atoms with Crippen molar-refractivity contribution in [2.75, 3.05) is 26.3 Å². The Bertz CT molecular complexity index is 1080. The van der Waals surface area contributed by atoms with Gasteiger partial charge in [0, 0.05) is 13.1 Å². The lowest BCUT2D eigenvalue weighted by Gasteiger charge is -2.30. The number of carbonyl (C=O) groups is 3. The molecule has 1 aliphatic rings. The minimum absolute atomic E-state index is 0.101. The summed E-state index contributed by atoms with van der Waals surface area (Å²) in [5.41, 5.74) is 0. The van der Waals surface area contributed by atoms with Crippen molar-refractivity contribution < 1.29 is 36.7 Å². The van der Waals surface area contributed by atoms with Crippen molar-refractivity contribution in [3.05, 3.63) is 48.4 Å². The molecule has 1 aliphatic heterocycles. The SMILES string of the molecule is CCOc1ccc(S(=O)(=O)N2CCC(C(=O)OCC(=O)NC(=O)NCc3ccco3)CC2)cc1. The van der Waals surface area contributed by atoms with Gasteiger partial charge in [-0.25, -0.2) is 13.2 Å². The van der Waals surface area contributed by atoms with Crippen molar-refractivity contribution in [2.45, 2.75) is 31.2 Å². The van der Waals surface area contributed by atoms with Crippen LogP contribution in [0, 0.1) is 5.92 Å². The molecule has 0 spiro atoms. The van der Waals surface area contributed by atoms with E-state index in [-0.39, 0.29) is 37.4 Å². The molecule has 0 unspecified atom stereocenters. The van der Waals surface area contributed by atoms with E-state index in [1.807, 2.05) is 6.92 Å². The van der Waals surface area contributed by atoms with Gasteiger partial charge >= 0.3 is 12.0 Å². The lowest BCUT2D eigenvalue weighted by atomic mass is 9.98. The Morgan fingerprint density at radius 3 is 2.44 bits per heavy atom. The monoisotopic (exact) mass is 493 g/mol. The molecule has 3 rings (SSSR count). The Hall–Kier alpha value is -3.38. The van der Waals surface area contributed by atoms with Crippen LogP contribution in [0.1, 0.15) is 25.5 Å². The van der Waals surface area contributed by atoms with Crippen LogP contribution in [0.5, 0.6) is 5.75 Å². The van der Waals surface area contributed by atoms with Crippen LogP contribution in [0.2, 0.25) is 0 Å². The minimum atomic E-state index is -3.69. The molecule has 1 saturated heterocycles. The van der Waals surface area contributed by atoms with E-state index in [9.17, 15) is 22.8 Å². The zero-order valence-electron chi connectivity index (χ0n) is 18.7. The fraction of sp³-hybridized carbons (Fsp3) is 0.409. The highest BCUT2D eigenvalue weighted by Gasteiger charge is 2.33. The van der Waals surface area contributed by atoms with Gasteiger partial charge < -0.3 is 19.2 Å². The van der Waals surface area contributed by atoms with Crippen molar-refractivity contribution in [1.29, 1.82) is 0 Å². The van der Waals surface area contributed by atoms with Gasteiger partial charge in [0.1, 0.15) is 11.5 Å². The third kappa shape index (κ3) is 6.81. The second-order valence-electron chi connectivity index (χ2n) is 7.50. The second kappa shape index (κ2) is 11.7. The molecule has 0 radical (unpaired) electrons. The van der Waals surface area contributed by atoms with Crippen molar-refractivity contribution in [2.24, 2.45) is 5.92 Å². The number of piperidine rings is 1. The maximum absolute atomic E-state index is 12.9. The first-order chi connectivity index (χ1) is 16.3. The van der Waals surface area contributed by atoms with Gasteiger partial charge in [0.05, 0.1) is 30.2 Å². The van der Waals surface area contributed by atoms with Gasteiger partial charge in [-0.05, 0) is 56.2 Å². The van der Waals surface area contributed by atoms with Crippen LogP contribution in [-0.4, -0.2) is 56.9 Å². The largest absolute Gasteiger partial charge is 0.494 e. The molecular formula is C22H27N3O8S. The van der Waals surface area contributed by atoms with E-state index < -0.39 is 40.5 Å². The van der Waals surface area contributed by atoms with Gasteiger partial charge in [0.15, 0.2) is 6.61 Å². The van der Waals surface area contributed by atoms with E-state index in [1.54, 1.807) is 24.3 Å². The number of carbonyl (C=O) groups excluding carboxylic acids is 3. The highest BCUT2D eigenvalue weighted by molar-refractivity contribution is 7.89. The van der Waals surface area contributed by atoms with Gasteiger partial charge in [-0.15, -0.1) is 0 Å². The lowest BCUT2D eigenvalue weighted by molar-refractivity contribution is -0.153. The van der Waals surface area contributed by atoms with Crippen LogP contribution < -0.4 is 15.4 Å². The van der Waals surface area contributed by atoms with Gasteiger partial charge in [-0.2, -0.15) is 4.31 Å². The van der Waals surface area contributed by atoms with E-state index in [2.05, 4.69) is 10.6 Å². The van der Waals surface area contributed by atoms with Crippen LogP contribution >= 0.6 is 0 Å². The summed E-state index contributed by atoms with van der Waals surface area (Å²) in [5, 5.41) is 4.49. The average Bonchev–Trinajstić information content (AvgIpc) is 3.36.